The highest BCUT2D eigenvalue weighted by atomic mass is 32.1. The quantitative estimate of drug-likeness (QED) is 0.605. The first-order chi connectivity index (χ1) is 13.6. The van der Waals surface area contributed by atoms with Crippen LogP contribution in [0.2, 0.25) is 0 Å². The Morgan fingerprint density at radius 1 is 1.07 bits per heavy atom. The van der Waals surface area contributed by atoms with Gasteiger partial charge in [-0.2, -0.15) is 0 Å². The number of aromatic nitrogens is 1. The molecule has 1 aromatic heterocycles. The van der Waals surface area contributed by atoms with Crippen LogP contribution in [0.25, 0.3) is 10.6 Å². The molecule has 1 N–H and O–H groups in total. The van der Waals surface area contributed by atoms with Crippen molar-refractivity contribution in [2.75, 3.05) is 13.7 Å². The summed E-state index contributed by atoms with van der Waals surface area (Å²) in [5, 5.41) is 3.81. The lowest BCUT2D eigenvalue weighted by atomic mass is 10.1. The Morgan fingerprint density at radius 3 is 2.39 bits per heavy atom. The number of ether oxygens (including phenoxy) is 2. The van der Waals surface area contributed by atoms with Crippen molar-refractivity contribution in [2.45, 2.75) is 27.0 Å². The third-order valence-electron chi connectivity index (χ3n) is 4.20. The second-order valence-electron chi connectivity index (χ2n) is 6.32. The number of carbonyl (C=O) groups excluding carboxylic acids is 1. The number of benzene rings is 2. The molecule has 146 valence electrons. The van der Waals surface area contributed by atoms with Crippen LogP contribution in [-0.4, -0.2) is 24.6 Å². The van der Waals surface area contributed by atoms with Gasteiger partial charge < -0.3 is 14.8 Å². The summed E-state index contributed by atoms with van der Waals surface area (Å²) in [5.41, 5.74) is 3.86. The van der Waals surface area contributed by atoms with E-state index in [1.165, 1.54) is 11.3 Å². The monoisotopic (exact) mass is 396 g/mol. The Hall–Kier alpha value is -2.70. The average Bonchev–Trinajstić information content (AvgIpc) is 3.10. The van der Waals surface area contributed by atoms with Crippen molar-refractivity contribution in [2.24, 2.45) is 0 Å². The van der Waals surface area contributed by atoms with Crippen molar-refractivity contribution < 1.29 is 14.3 Å². The number of rotatable bonds is 8. The summed E-state index contributed by atoms with van der Waals surface area (Å²) in [6.45, 7) is 5.51. The molecular formula is C22H24N2O3S. The van der Waals surface area contributed by atoms with Crippen LogP contribution in [0.4, 0.5) is 0 Å². The number of hydrogen-bond donors (Lipinski definition) is 1. The average molecular weight is 397 g/mol. The standard InChI is InChI=1S/C22H24N2O3S/c1-4-27-19-11-9-18(10-12-19)22-24-15(2)20(28-22)21(25)23-13-16-5-7-17(8-6-16)14-26-3/h5-12H,4,13-14H2,1-3H3,(H,23,25). The highest BCUT2D eigenvalue weighted by Crippen LogP contribution is 2.29. The molecule has 2 aromatic carbocycles. The minimum Gasteiger partial charge on any atom is -0.494 e. The minimum absolute atomic E-state index is 0.104. The van der Waals surface area contributed by atoms with E-state index < -0.39 is 0 Å². The van der Waals surface area contributed by atoms with Gasteiger partial charge in [0.15, 0.2) is 0 Å². The first-order valence-corrected chi connectivity index (χ1v) is 9.98. The van der Waals surface area contributed by atoms with Gasteiger partial charge in [0.25, 0.3) is 5.91 Å². The molecule has 0 aliphatic carbocycles. The van der Waals surface area contributed by atoms with Crippen LogP contribution in [0.5, 0.6) is 5.75 Å². The van der Waals surface area contributed by atoms with E-state index >= 15 is 0 Å². The number of thiazole rings is 1. The molecule has 0 aliphatic rings. The zero-order valence-electron chi connectivity index (χ0n) is 16.3. The summed E-state index contributed by atoms with van der Waals surface area (Å²) >= 11 is 1.40. The molecule has 1 amide bonds. The van der Waals surface area contributed by atoms with E-state index in [1.54, 1.807) is 7.11 Å². The topological polar surface area (TPSA) is 60.5 Å². The second kappa shape index (κ2) is 9.48. The summed E-state index contributed by atoms with van der Waals surface area (Å²) in [4.78, 5) is 17.8. The molecule has 0 saturated heterocycles. The minimum atomic E-state index is -0.104. The summed E-state index contributed by atoms with van der Waals surface area (Å²) in [6, 6.07) is 15.8. The fourth-order valence-corrected chi connectivity index (χ4v) is 3.76. The van der Waals surface area contributed by atoms with Crippen molar-refractivity contribution in [1.29, 1.82) is 0 Å². The molecule has 1 heterocycles. The van der Waals surface area contributed by atoms with Crippen LogP contribution in [0, 0.1) is 6.92 Å². The van der Waals surface area contributed by atoms with Crippen molar-refractivity contribution >= 4 is 17.2 Å². The predicted octanol–water partition coefficient (Wildman–Crippen LogP) is 4.59. The Balaban J connectivity index is 1.65. The molecule has 3 rings (SSSR count). The number of nitrogens with zero attached hydrogens (tertiary/aromatic N) is 1. The first kappa shape index (κ1) is 20.0. The summed E-state index contributed by atoms with van der Waals surface area (Å²) in [5.74, 6) is 0.724. The van der Waals surface area contributed by atoms with Gasteiger partial charge in [-0.3, -0.25) is 4.79 Å². The molecule has 0 radical (unpaired) electrons. The van der Waals surface area contributed by atoms with Gasteiger partial charge in [0.1, 0.15) is 15.6 Å². The molecule has 6 heteroatoms. The van der Waals surface area contributed by atoms with Gasteiger partial charge in [-0.05, 0) is 49.2 Å². The lowest BCUT2D eigenvalue weighted by molar-refractivity contribution is 0.0954. The van der Waals surface area contributed by atoms with E-state index in [0.29, 0.717) is 24.6 Å². The van der Waals surface area contributed by atoms with Gasteiger partial charge in [0.05, 0.1) is 18.9 Å². The van der Waals surface area contributed by atoms with Crippen LogP contribution < -0.4 is 10.1 Å². The molecule has 5 nitrogen and oxygen atoms in total. The zero-order chi connectivity index (χ0) is 19.9. The van der Waals surface area contributed by atoms with E-state index in [-0.39, 0.29) is 5.91 Å². The first-order valence-electron chi connectivity index (χ1n) is 9.16. The van der Waals surface area contributed by atoms with E-state index in [2.05, 4.69) is 10.3 Å². The van der Waals surface area contributed by atoms with Crippen molar-refractivity contribution in [3.63, 3.8) is 0 Å². The fourth-order valence-electron chi connectivity index (χ4n) is 2.77. The van der Waals surface area contributed by atoms with Crippen molar-refractivity contribution in [3.8, 4) is 16.3 Å². The highest BCUT2D eigenvalue weighted by Gasteiger charge is 2.16. The molecule has 28 heavy (non-hydrogen) atoms. The number of amides is 1. The maximum absolute atomic E-state index is 12.6. The molecule has 3 aromatic rings. The number of hydrogen-bond acceptors (Lipinski definition) is 5. The van der Waals surface area contributed by atoms with E-state index in [0.717, 1.165) is 33.1 Å². The van der Waals surface area contributed by atoms with Gasteiger partial charge in [-0.15, -0.1) is 11.3 Å². The smallest absolute Gasteiger partial charge is 0.263 e. The maximum Gasteiger partial charge on any atom is 0.263 e. The Morgan fingerprint density at radius 2 is 1.75 bits per heavy atom. The largest absolute Gasteiger partial charge is 0.494 e. The Kier molecular flexibility index (Phi) is 6.79. The van der Waals surface area contributed by atoms with Crippen molar-refractivity contribution in [1.82, 2.24) is 10.3 Å². The lowest BCUT2D eigenvalue weighted by Gasteiger charge is -2.06. The normalized spacial score (nSPS) is 10.7. The fraction of sp³-hybridized carbons (Fsp3) is 0.273. The summed E-state index contributed by atoms with van der Waals surface area (Å²) in [7, 11) is 1.67. The molecule has 0 saturated carbocycles. The lowest BCUT2D eigenvalue weighted by Crippen LogP contribution is -2.22. The Labute approximate surface area is 169 Å². The van der Waals surface area contributed by atoms with Crippen LogP contribution in [-0.2, 0) is 17.9 Å². The summed E-state index contributed by atoms with van der Waals surface area (Å²) < 4.78 is 10.6. The van der Waals surface area contributed by atoms with Crippen LogP contribution in [0.1, 0.15) is 33.4 Å². The molecule has 0 atom stereocenters. The number of methoxy groups -OCH3 is 1. The van der Waals surface area contributed by atoms with Crippen LogP contribution in [0.15, 0.2) is 48.5 Å². The number of aryl methyl sites for hydroxylation is 1. The molecule has 0 spiro atoms. The molecule has 0 fully saturated rings. The maximum atomic E-state index is 12.6. The third-order valence-corrected chi connectivity index (χ3v) is 5.41. The predicted molar refractivity (Wildman–Crippen MR) is 112 cm³/mol. The second-order valence-corrected chi connectivity index (χ2v) is 7.32. The SMILES string of the molecule is CCOc1ccc(-c2nc(C)c(C(=O)NCc3ccc(COC)cc3)s2)cc1. The third kappa shape index (κ3) is 4.97. The molecule has 0 unspecified atom stereocenters. The van der Waals surface area contributed by atoms with Gasteiger partial charge in [0.2, 0.25) is 0 Å². The number of carbonyl (C=O) groups is 1. The van der Waals surface area contributed by atoms with Gasteiger partial charge in [-0.1, -0.05) is 24.3 Å². The van der Waals surface area contributed by atoms with E-state index in [4.69, 9.17) is 9.47 Å². The molecule has 0 bridgehead atoms. The van der Waals surface area contributed by atoms with Gasteiger partial charge in [-0.25, -0.2) is 4.98 Å². The van der Waals surface area contributed by atoms with E-state index in [1.807, 2.05) is 62.4 Å². The number of nitrogens with one attached hydrogen (secondary N) is 1. The highest BCUT2D eigenvalue weighted by molar-refractivity contribution is 7.17. The summed E-state index contributed by atoms with van der Waals surface area (Å²) in [6.07, 6.45) is 0. The van der Waals surface area contributed by atoms with Crippen LogP contribution >= 0.6 is 11.3 Å². The molecule has 0 aliphatic heterocycles. The molecular weight excluding hydrogens is 372 g/mol. The van der Waals surface area contributed by atoms with Gasteiger partial charge >= 0.3 is 0 Å². The van der Waals surface area contributed by atoms with E-state index in [9.17, 15) is 4.79 Å². The van der Waals surface area contributed by atoms with Crippen molar-refractivity contribution in [3.05, 3.63) is 70.2 Å². The Bertz CT molecular complexity index is 918. The zero-order valence-corrected chi connectivity index (χ0v) is 17.1. The van der Waals surface area contributed by atoms with Gasteiger partial charge in [0, 0.05) is 19.2 Å². The van der Waals surface area contributed by atoms with Crippen LogP contribution in [0.3, 0.4) is 0 Å².